The molecule has 0 radical (unpaired) electrons. The van der Waals surface area contributed by atoms with Crippen LogP contribution in [0.5, 0.6) is 0 Å². The van der Waals surface area contributed by atoms with Gasteiger partial charge >= 0.3 is 0 Å². The average Bonchev–Trinajstić information content (AvgIpc) is 2.70. The first-order chi connectivity index (χ1) is 13.2. The number of primary amides is 1. The minimum absolute atomic E-state index is 0.213. The van der Waals surface area contributed by atoms with Crippen molar-refractivity contribution < 1.29 is 4.79 Å². The number of pyridine rings is 1. The molecule has 0 saturated carbocycles. The maximum absolute atomic E-state index is 11.8. The number of hydrogen-bond donors (Lipinski definition) is 2. The van der Waals surface area contributed by atoms with Crippen LogP contribution in [0.3, 0.4) is 0 Å². The quantitative estimate of drug-likeness (QED) is 0.571. The van der Waals surface area contributed by atoms with Crippen LogP contribution >= 0.6 is 0 Å². The molecule has 0 aliphatic carbocycles. The summed E-state index contributed by atoms with van der Waals surface area (Å²) in [5.41, 5.74) is 15.7. The van der Waals surface area contributed by atoms with Crippen molar-refractivity contribution in [3.8, 4) is 11.1 Å². The van der Waals surface area contributed by atoms with E-state index in [1.807, 2.05) is 48.7 Å². The molecule has 134 valence electrons. The number of benzene rings is 2. The van der Waals surface area contributed by atoms with Gasteiger partial charge < -0.3 is 11.5 Å². The molecular formula is C21H19N5O. The smallest absolute Gasteiger partial charge is 0.269 e. The van der Waals surface area contributed by atoms with Gasteiger partial charge in [-0.05, 0) is 37.1 Å². The monoisotopic (exact) mass is 357 g/mol. The lowest BCUT2D eigenvalue weighted by atomic mass is 9.97. The van der Waals surface area contributed by atoms with E-state index in [9.17, 15) is 4.79 Å². The Labute approximate surface area is 156 Å². The van der Waals surface area contributed by atoms with Crippen molar-refractivity contribution in [1.82, 2.24) is 15.2 Å². The summed E-state index contributed by atoms with van der Waals surface area (Å²) in [6.07, 6.45) is 3.20. The molecule has 27 heavy (non-hydrogen) atoms. The van der Waals surface area contributed by atoms with E-state index < -0.39 is 5.91 Å². The highest BCUT2D eigenvalue weighted by molar-refractivity contribution is 6.01. The first kappa shape index (κ1) is 17.1. The van der Waals surface area contributed by atoms with E-state index in [1.54, 1.807) is 0 Å². The predicted molar refractivity (Wildman–Crippen MR) is 106 cm³/mol. The standard InChI is InChI=1S/C21H19N5O/c22-10-4-8-17-16-7-3-6-15(19(16)25-26-20(17)21(23)27)14-11-13-5-1-2-9-18(13)24-12-14/h1-3,5-7,9,11-12H,4,8,10,22H2,(H2,23,27). The van der Waals surface area contributed by atoms with Crippen LogP contribution in [0.1, 0.15) is 22.5 Å². The van der Waals surface area contributed by atoms with E-state index in [0.29, 0.717) is 13.0 Å². The number of rotatable bonds is 5. The number of aromatic nitrogens is 3. The van der Waals surface area contributed by atoms with Crippen LogP contribution in [-0.4, -0.2) is 27.6 Å². The second-order valence-corrected chi connectivity index (χ2v) is 6.40. The van der Waals surface area contributed by atoms with Gasteiger partial charge in [-0.25, -0.2) is 0 Å². The fourth-order valence-corrected chi connectivity index (χ4v) is 3.36. The lowest BCUT2D eigenvalue weighted by molar-refractivity contribution is 0.0994. The summed E-state index contributed by atoms with van der Waals surface area (Å²) in [7, 11) is 0. The highest BCUT2D eigenvalue weighted by Crippen LogP contribution is 2.31. The molecule has 2 aromatic carbocycles. The summed E-state index contributed by atoms with van der Waals surface area (Å²) < 4.78 is 0. The summed E-state index contributed by atoms with van der Waals surface area (Å²) in [6, 6.07) is 15.9. The second kappa shape index (κ2) is 7.09. The summed E-state index contributed by atoms with van der Waals surface area (Å²) in [4.78, 5) is 16.4. The maximum Gasteiger partial charge on any atom is 0.269 e. The molecule has 4 N–H and O–H groups in total. The summed E-state index contributed by atoms with van der Waals surface area (Å²) in [5, 5.41) is 10.4. The molecule has 2 aromatic heterocycles. The van der Waals surface area contributed by atoms with Crippen LogP contribution in [0, 0.1) is 0 Å². The number of amides is 1. The van der Waals surface area contributed by atoms with Gasteiger partial charge in [0.05, 0.1) is 5.52 Å². The minimum Gasteiger partial charge on any atom is -0.364 e. The van der Waals surface area contributed by atoms with Crippen LogP contribution in [-0.2, 0) is 6.42 Å². The van der Waals surface area contributed by atoms with E-state index in [1.165, 1.54) is 0 Å². The number of nitrogens with two attached hydrogens (primary N) is 2. The SMILES string of the molecule is NCCCc1c(C(N)=O)nnc2c(-c3cnc4ccccc4c3)cccc12. The fourth-order valence-electron chi connectivity index (χ4n) is 3.36. The fraction of sp³-hybridized carbons (Fsp3) is 0.143. The van der Waals surface area contributed by atoms with Gasteiger partial charge in [-0.2, -0.15) is 0 Å². The summed E-state index contributed by atoms with van der Waals surface area (Å²) in [6.45, 7) is 0.524. The molecule has 0 fully saturated rings. The number of nitrogens with zero attached hydrogens (tertiary/aromatic N) is 3. The Morgan fingerprint density at radius 3 is 2.70 bits per heavy atom. The van der Waals surface area contributed by atoms with Gasteiger partial charge in [0.2, 0.25) is 0 Å². The number of carbonyl (C=O) groups is 1. The molecule has 0 aliphatic rings. The Morgan fingerprint density at radius 1 is 1.04 bits per heavy atom. The van der Waals surface area contributed by atoms with E-state index in [4.69, 9.17) is 11.5 Å². The molecule has 6 heteroatoms. The number of aryl methyl sites for hydroxylation is 1. The zero-order chi connectivity index (χ0) is 18.8. The Morgan fingerprint density at radius 2 is 1.89 bits per heavy atom. The van der Waals surface area contributed by atoms with Crippen LogP contribution in [0.15, 0.2) is 54.7 Å². The van der Waals surface area contributed by atoms with Crippen molar-refractivity contribution in [2.75, 3.05) is 6.54 Å². The highest BCUT2D eigenvalue weighted by Gasteiger charge is 2.17. The van der Waals surface area contributed by atoms with Crippen molar-refractivity contribution in [2.45, 2.75) is 12.8 Å². The molecule has 0 spiro atoms. The van der Waals surface area contributed by atoms with E-state index in [-0.39, 0.29) is 5.69 Å². The first-order valence-corrected chi connectivity index (χ1v) is 8.82. The van der Waals surface area contributed by atoms with Crippen LogP contribution in [0.4, 0.5) is 0 Å². The third-order valence-corrected chi connectivity index (χ3v) is 4.66. The number of carbonyl (C=O) groups excluding carboxylic acids is 1. The maximum atomic E-state index is 11.8. The van der Waals surface area contributed by atoms with E-state index in [2.05, 4.69) is 21.2 Å². The second-order valence-electron chi connectivity index (χ2n) is 6.40. The van der Waals surface area contributed by atoms with E-state index >= 15 is 0 Å². The number of para-hydroxylation sites is 1. The largest absolute Gasteiger partial charge is 0.364 e. The van der Waals surface area contributed by atoms with Gasteiger partial charge in [0, 0.05) is 28.1 Å². The normalized spacial score (nSPS) is 11.1. The third kappa shape index (κ3) is 3.11. The lowest BCUT2D eigenvalue weighted by Gasteiger charge is -2.12. The number of hydrogen-bond acceptors (Lipinski definition) is 5. The number of fused-ring (bicyclic) bond motifs is 2. The molecule has 2 heterocycles. The van der Waals surface area contributed by atoms with E-state index in [0.717, 1.165) is 44.9 Å². The minimum atomic E-state index is -0.575. The lowest BCUT2D eigenvalue weighted by Crippen LogP contribution is -2.18. The topological polar surface area (TPSA) is 108 Å². The Bertz CT molecular complexity index is 1160. The molecule has 1 amide bonds. The molecular weight excluding hydrogens is 338 g/mol. The summed E-state index contributed by atoms with van der Waals surface area (Å²) >= 11 is 0. The van der Waals surface area contributed by atoms with Gasteiger partial charge in [-0.15, -0.1) is 10.2 Å². The van der Waals surface area contributed by atoms with Crippen molar-refractivity contribution in [3.63, 3.8) is 0 Å². The molecule has 4 aromatic rings. The van der Waals surface area contributed by atoms with Gasteiger partial charge in [0.15, 0.2) is 5.69 Å². The molecule has 6 nitrogen and oxygen atoms in total. The third-order valence-electron chi connectivity index (χ3n) is 4.66. The molecule has 0 atom stereocenters. The zero-order valence-electron chi connectivity index (χ0n) is 14.7. The predicted octanol–water partition coefficient (Wildman–Crippen LogP) is 2.84. The average molecular weight is 357 g/mol. The molecule has 4 rings (SSSR count). The van der Waals surface area contributed by atoms with Gasteiger partial charge in [-0.3, -0.25) is 9.78 Å². The van der Waals surface area contributed by atoms with Gasteiger partial charge in [0.1, 0.15) is 5.52 Å². The van der Waals surface area contributed by atoms with Crippen molar-refractivity contribution in [3.05, 3.63) is 66.0 Å². The van der Waals surface area contributed by atoms with Crippen molar-refractivity contribution in [2.24, 2.45) is 11.5 Å². The van der Waals surface area contributed by atoms with Crippen molar-refractivity contribution in [1.29, 1.82) is 0 Å². The van der Waals surface area contributed by atoms with Gasteiger partial charge in [0.25, 0.3) is 5.91 Å². The molecule has 0 bridgehead atoms. The van der Waals surface area contributed by atoms with Crippen LogP contribution in [0.2, 0.25) is 0 Å². The first-order valence-electron chi connectivity index (χ1n) is 8.82. The van der Waals surface area contributed by atoms with Crippen LogP contribution < -0.4 is 11.5 Å². The summed E-state index contributed by atoms with van der Waals surface area (Å²) in [5.74, 6) is -0.575. The molecule has 0 unspecified atom stereocenters. The Kier molecular flexibility index (Phi) is 4.48. The Hall–Kier alpha value is -3.38. The Balaban J connectivity index is 1.94. The van der Waals surface area contributed by atoms with Gasteiger partial charge in [-0.1, -0.05) is 36.4 Å². The van der Waals surface area contributed by atoms with Crippen molar-refractivity contribution >= 4 is 27.7 Å². The molecule has 0 saturated heterocycles. The molecule has 0 aliphatic heterocycles. The highest BCUT2D eigenvalue weighted by atomic mass is 16.1. The zero-order valence-corrected chi connectivity index (χ0v) is 14.7. The van der Waals surface area contributed by atoms with Crippen LogP contribution in [0.25, 0.3) is 32.9 Å².